The quantitative estimate of drug-likeness (QED) is 0.746. The first-order valence-corrected chi connectivity index (χ1v) is 6.79. The molecule has 0 fully saturated rings. The molecule has 3 N–H and O–H groups in total. The van der Waals surface area contributed by atoms with Gasteiger partial charge in [0.2, 0.25) is 0 Å². The van der Waals surface area contributed by atoms with Gasteiger partial charge in [0.25, 0.3) is 0 Å². The molecule has 0 saturated heterocycles. The molecule has 2 amide bonds. The third-order valence-electron chi connectivity index (χ3n) is 3.14. The summed E-state index contributed by atoms with van der Waals surface area (Å²) in [7, 11) is 0. The average molecular weight is 286 g/mol. The van der Waals surface area contributed by atoms with E-state index in [-0.39, 0.29) is 19.1 Å². The van der Waals surface area contributed by atoms with E-state index in [1.165, 1.54) is 0 Å². The summed E-state index contributed by atoms with van der Waals surface area (Å²) < 4.78 is 0. The second-order valence-corrected chi connectivity index (χ2v) is 5.01. The maximum absolute atomic E-state index is 11.8. The molecule has 0 radical (unpaired) electrons. The van der Waals surface area contributed by atoms with Crippen molar-refractivity contribution >= 4 is 28.3 Å². The van der Waals surface area contributed by atoms with E-state index in [2.05, 4.69) is 10.6 Å². The van der Waals surface area contributed by atoms with E-state index in [9.17, 15) is 9.59 Å². The van der Waals surface area contributed by atoms with Crippen LogP contribution in [0.1, 0.15) is 6.92 Å². The molecule has 5 heteroatoms. The van der Waals surface area contributed by atoms with Crippen LogP contribution in [-0.2, 0) is 9.59 Å². The number of hydrogen-bond acceptors (Lipinski definition) is 3. The lowest BCUT2D eigenvalue weighted by Gasteiger charge is -2.10. The SMILES string of the molecule is CC(CO)CNC(=O)C(=O)Nc1ccc2ccccc2c1. The Bertz CT molecular complexity index is 655. The van der Waals surface area contributed by atoms with Crippen molar-refractivity contribution in [2.75, 3.05) is 18.5 Å². The lowest BCUT2D eigenvalue weighted by Crippen LogP contribution is -2.38. The van der Waals surface area contributed by atoms with Gasteiger partial charge in [-0.25, -0.2) is 0 Å². The van der Waals surface area contributed by atoms with Gasteiger partial charge in [-0.3, -0.25) is 9.59 Å². The van der Waals surface area contributed by atoms with Crippen molar-refractivity contribution in [2.45, 2.75) is 6.92 Å². The summed E-state index contributed by atoms with van der Waals surface area (Å²) in [6, 6.07) is 13.2. The van der Waals surface area contributed by atoms with Crippen LogP contribution in [0.4, 0.5) is 5.69 Å². The number of aliphatic hydroxyl groups is 1. The standard InChI is InChI=1S/C16H18N2O3/c1-11(10-19)9-17-15(20)16(21)18-14-7-6-12-4-2-3-5-13(12)8-14/h2-8,11,19H,9-10H2,1H3,(H,17,20)(H,18,21). The van der Waals surface area contributed by atoms with Crippen molar-refractivity contribution in [3.8, 4) is 0 Å². The molecule has 0 aliphatic rings. The molecule has 0 aromatic heterocycles. The first kappa shape index (κ1) is 15.0. The van der Waals surface area contributed by atoms with E-state index in [0.29, 0.717) is 5.69 Å². The molecule has 110 valence electrons. The Hall–Kier alpha value is -2.40. The van der Waals surface area contributed by atoms with Crippen molar-refractivity contribution < 1.29 is 14.7 Å². The number of fused-ring (bicyclic) bond motifs is 1. The topological polar surface area (TPSA) is 78.4 Å². The van der Waals surface area contributed by atoms with Gasteiger partial charge in [0, 0.05) is 18.8 Å². The Balaban J connectivity index is 1.99. The predicted octanol–water partition coefficient (Wildman–Crippen LogP) is 1.52. The fourth-order valence-corrected chi connectivity index (χ4v) is 1.87. The van der Waals surface area contributed by atoms with Gasteiger partial charge in [-0.1, -0.05) is 37.3 Å². The van der Waals surface area contributed by atoms with E-state index < -0.39 is 11.8 Å². The van der Waals surface area contributed by atoms with Gasteiger partial charge in [-0.2, -0.15) is 0 Å². The highest BCUT2D eigenvalue weighted by atomic mass is 16.3. The van der Waals surface area contributed by atoms with Crippen LogP contribution < -0.4 is 10.6 Å². The monoisotopic (exact) mass is 286 g/mol. The molecule has 1 unspecified atom stereocenters. The van der Waals surface area contributed by atoms with Crippen LogP contribution in [-0.4, -0.2) is 30.1 Å². The molecule has 21 heavy (non-hydrogen) atoms. The summed E-state index contributed by atoms with van der Waals surface area (Å²) in [6.07, 6.45) is 0. The van der Waals surface area contributed by atoms with Crippen molar-refractivity contribution in [3.63, 3.8) is 0 Å². The van der Waals surface area contributed by atoms with Gasteiger partial charge < -0.3 is 15.7 Å². The largest absolute Gasteiger partial charge is 0.396 e. The Kier molecular flexibility index (Phi) is 4.90. The van der Waals surface area contributed by atoms with E-state index in [4.69, 9.17) is 5.11 Å². The molecule has 0 aliphatic heterocycles. The smallest absolute Gasteiger partial charge is 0.313 e. The van der Waals surface area contributed by atoms with Gasteiger partial charge in [-0.05, 0) is 28.8 Å². The number of benzene rings is 2. The summed E-state index contributed by atoms with van der Waals surface area (Å²) in [4.78, 5) is 23.4. The fraction of sp³-hybridized carbons (Fsp3) is 0.250. The number of carbonyl (C=O) groups excluding carboxylic acids is 2. The van der Waals surface area contributed by atoms with Gasteiger partial charge in [0.1, 0.15) is 0 Å². The molecule has 0 bridgehead atoms. The van der Waals surface area contributed by atoms with Crippen LogP contribution in [0.3, 0.4) is 0 Å². The first-order valence-electron chi connectivity index (χ1n) is 6.79. The third kappa shape index (κ3) is 4.03. The van der Waals surface area contributed by atoms with Crippen LogP contribution in [0, 0.1) is 5.92 Å². The van der Waals surface area contributed by atoms with Crippen LogP contribution in [0.25, 0.3) is 10.8 Å². The summed E-state index contributed by atoms with van der Waals surface area (Å²) in [5, 5.41) is 16.0. The van der Waals surface area contributed by atoms with Gasteiger partial charge in [0.05, 0.1) is 0 Å². The molecule has 0 spiro atoms. The number of aliphatic hydroxyl groups excluding tert-OH is 1. The molecule has 0 saturated carbocycles. The van der Waals surface area contributed by atoms with E-state index >= 15 is 0 Å². The normalized spacial score (nSPS) is 11.9. The van der Waals surface area contributed by atoms with Gasteiger partial charge in [0.15, 0.2) is 0 Å². The van der Waals surface area contributed by atoms with Crippen molar-refractivity contribution in [3.05, 3.63) is 42.5 Å². The zero-order valence-electron chi connectivity index (χ0n) is 11.8. The number of anilines is 1. The first-order chi connectivity index (χ1) is 10.1. The van der Waals surface area contributed by atoms with E-state index in [1.54, 1.807) is 13.0 Å². The summed E-state index contributed by atoms with van der Waals surface area (Å²) in [6.45, 7) is 2.01. The van der Waals surface area contributed by atoms with Crippen LogP contribution in [0.5, 0.6) is 0 Å². The summed E-state index contributed by atoms with van der Waals surface area (Å²) in [5.41, 5.74) is 0.573. The second kappa shape index (κ2) is 6.85. The molecular weight excluding hydrogens is 268 g/mol. The molecule has 2 rings (SSSR count). The third-order valence-corrected chi connectivity index (χ3v) is 3.14. The number of nitrogens with one attached hydrogen (secondary N) is 2. The summed E-state index contributed by atoms with van der Waals surface area (Å²) in [5.74, 6) is -1.50. The molecule has 2 aromatic rings. The Morgan fingerprint density at radius 3 is 2.52 bits per heavy atom. The zero-order valence-corrected chi connectivity index (χ0v) is 11.8. The molecule has 0 heterocycles. The van der Waals surface area contributed by atoms with E-state index in [0.717, 1.165) is 10.8 Å². The van der Waals surface area contributed by atoms with E-state index in [1.807, 2.05) is 36.4 Å². The van der Waals surface area contributed by atoms with Crippen LogP contribution in [0.2, 0.25) is 0 Å². The highest BCUT2D eigenvalue weighted by Crippen LogP contribution is 2.18. The Morgan fingerprint density at radius 2 is 1.81 bits per heavy atom. The Morgan fingerprint density at radius 1 is 1.10 bits per heavy atom. The van der Waals surface area contributed by atoms with Gasteiger partial charge >= 0.3 is 11.8 Å². The fourth-order valence-electron chi connectivity index (χ4n) is 1.87. The minimum atomic E-state index is -0.713. The minimum Gasteiger partial charge on any atom is -0.396 e. The number of rotatable bonds is 4. The van der Waals surface area contributed by atoms with Crippen LogP contribution >= 0.6 is 0 Å². The average Bonchev–Trinajstić information content (AvgIpc) is 2.51. The molecule has 0 aliphatic carbocycles. The predicted molar refractivity (Wildman–Crippen MR) is 81.8 cm³/mol. The van der Waals surface area contributed by atoms with Gasteiger partial charge in [-0.15, -0.1) is 0 Å². The van der Waals surface area contributed by atoms with Crippen molar-refractivity contribution in [1.82, 2.24) is 5.32 Å². The molecular formula is C16H18N2O3. The zero-order chi connectivity index (χ0) is 15.2. The second-order valence-electron chi connectivity index (χ2n) is 5.01. The number of hydrogen-bond donors (Lipinski definition) is 3. The number of amides is 2. The Labute approximate surface area is 123 Å². The minimum absolute atomic E-state index is 0.0351. The summed E-state index contributed by atoms with van der Waals surface area (Å²) >= 11 is 0. The molecule has 2 aromatic carbocycles. The lowest BCUT2D eigenvalue weighted by molar-refractivity contribution is -0.136. The maximum Gasteiger partial charge on any atom is 0.313 e. The van der Waals surface area contributed by atoms with Crippen LogP contribution in [0.15, 0.2) is 42.5 Å². The highest BCUT2D eigenvalue weighted by molar-refractivity contribution is 6.39. The maximum atomic E-state index is 11.8. The highest BCUT2D eigenvalue weighted by Gasteiger charge is 2.14. The van der Waals surface area contributed by atoms with Crippen molar-refractivity contribution in [2.24, 2.45) is 5.92 Å². The number of carbonyl (C=O) groups is 2. The van der Waals surface area contributed by atoms with Crippen molar-refractivity contribution in [1.29, 1.82) is 0 Å². The molecule has 1 atom stereocenters. The molecule has 5 nitrogen and oxygen atoms in total. The lowest BCUT2D eigenvalue weighted by atomic mass is 10.1.